The standard InChI is InChI=1S/C20H24N2O6S/c1-3-21(4-2)29(26,27)14-11-12-20(17(13-14)22(24)25)28-19-10-6-7-15-16(19)8-5-9-18(15)23/h6-7,10-13,18,23H,3-5,8-9H2,1-2H3/t18-/m1/s1. The van der Waals surface area contributed by atoms with Crippen molar-refractivity contribution in [1.29, 1.82) is 0 Å². The van der Waals surface area contributed by atoms with Crippen molar-refractivity contribution < 1.29 is 23.2 Å². The number of rotatable bonds is 7. The molecule has 3 rings (SSSR count). The van der Waals surface area contributed by atoms with Crippen molar-refractivity contribution in [2.45, 2.75) is 44.1 Å². The van der Waals surface area contributed by atoms with E-state index in [0.29, 0.717) is 18.6 Å². The van der Waals surface area contributed by atoms with E-state index < -0.39 is 26.7 Å². The first-order valence-electron chi connectivity index (χ1n) is 9.55. The van der Waals surface area contributed by atoms with Crippen LogP contribution in [0, 0.1) is 10.1 Å². The van der Waals surface area contributed by atoms with Gasteiger partial charge in [0, 0.05) is 24.7 Å². The molecule has 0 radical (unpaired) electrons. The molecule has 1 atom stereocenters. The first-order valence-corrected chi connectivity index (χ1v) is 11.0. The number of hydrogen-bond donors (Lipinski definition) is 1. The summed E-state index contributed by atoms with van der Waals surface area (Å²) in [6.07, 6.45) is 1.57. The first-order chi connectivity index (χ1) is 13.8. The Kier molecular flexibility index (Phi) is 6.21. The van der Waals surface area contributed by atoms with Crippen molar-refractivity contribution in [3.05, 3.63) is 57.6 Å². The molecule has 0 heterocycles. The fraction of sp³-hybridized carbons (Fsp3) is 0.400. The lowest BCUT2D eigenvalue weighted by atomic mass is 9.89. The van der Waals surface area contributed by atoms with Gasteiger partial charge >= 0.3 is 5.69 Å². The molecule has 156 valence electrons. The van der Waals surface area contributed by atoms with Crippen LogP contribution in [-0.4, -0.2) is 35.8 Å². The molecule has 0 amide bonds. The molecule has 2 aromatic rings. The minimum Gasteiger partial charge on any atom is -0.450 e. The molecule has 0 aromatic heterocycles. The van der Waals surface area contributed by atoms with Gasteiger partial charge in [-0.2, -0.15) is 4.31 Å². The molecule has 0 aliphatic heterocycles. The maximum atomic E-state index is 12.7. The van der Waals surface area contributed by atoms with Crippen LogP contribution in [0.2, 0.25) is 0 Å². The third-order valence-corrected chi connectivity index (χ3v) is 7.17. The quantitative estimate of drug-likeness (QED) is 0.539. The van der Waals surface area contributed by atoms with Crippen LogP contribution in [0.1, 0.15) is 43.9 Å². The predicted molar refractivity (Wildman–Crippen MR) is 108 cm³/mol. The topological polar surface area (TPSA) is 110 Å². The summed E-state index contributed by atoms with van der Waals surface area (Å²) in [6.45, 7) is 3.95. The van der Waals surface area contributed by atoms with E-state index in [1.54, 1.807) is 26.0 Å². The van der Waals surface area contributed by atoms with E-state index in [-0.39, 0.29) is 23.7 Å². The average molecular weight is 420 g/mol. The van der Waals surface area contributed by atoms with Crippen LogP contribution in [-0.2, 0) is 16.4 Å². The van der Waals surface area contributed by atoms with Crippen LogP contribution in [0.15, 0.2) is 41.3 Å². The van der Waals surface area contributed by atoms with E-state index >= 15 is 0 Å². The largest absolute Gasteiger partial charge is 0.450 e. The SMILES string of the molecule is CCN(CC)S(=O)(=O)c1ccc(Oc2cccc3c2CCC[C@H]3O)c([N+](=O)[O-])c1. The maximum absolute atomic E-state index is 12.7. The Labute approximate surface area is 169 Å². The van der Waals surface area contributed by atoms with Crippen molar-refractivity contribution in [2.75, 3.05) is 13.1 Å². The minimum absolute atomic E-state index is 0.0399. The second kappa shape index (κ2) is 8.48. The molecular weight excluding hydrogens is 396 g/mol. The van der Waals surface area contributed by atoms with Gasteiger partial charge in [0.15, 0.2) is 0 Å². The number of ether oxygens (including phenoxy) is 1. The van der Waals surface area contributed by atoms with Crippen LogP contribution >= 0.6 is 0 Å². The summed E-state index contributed by atoms with van der Waals surface area (Å²) in [5, 5.41) is 21.8. The molecule has 1 N–H and O–H groups in total. The highest BCUT2D eigenvalue weighted by atomic mass is 32.2. The van der Waals surface area contributed by atoms with Crippen LogP contribution in [0.25, 0.3) is 0 Å². The van der Waals surface area contributed by atoms with Crippen molar-refractivity contribution in [3.8, 4) is 11.5 Å². The number of nitro groups is 1. The lowest BCUT2D eigenvalue weighted by molar-refractivity contribution is -0.385. The van der Waals surface area contributed by atoms with E-state index in [2.05, 4.69) is 0 Å². The number of benzene rings is 2. The fourth-order valence-electron chi connectivity index (χ4n) is 3.60. The molecule has 0 spiro atoms. The highest BCUT2D eigenvalue weighted by Crippen LogP contribution is 2.40. The number of fused-ring (bicyclic) bond motifs is 1. The lowest BCUT2D eigenvalue weighted by Crippen LogP contribution is -2.30. The molecule has 0 unspecified atom stereocenters. The lowest BCUT2D eigenvalue weighted by Gasteiger charge is -2.23. The van der Waals surface area contributed by atoms with Gasteiger partial charge in [-0.3, -0.25) is 10.1 Å². The van der Waals surface area contributed by atoms with Gasteiger partial charge in [-0.1, -0.05) is 26.0 Å². The highest BCUT2D eigenvalue weighted by molar-refractivity contribution is 7.89. The summed E-state index contributed by atoms with van der Waals surface area (Å²) in [7, 11) is -3.83. The van der Waals surface area contributed by atoms with E-state index in [1.807, 2.05) is 6.07 Å². The van der Waals surface area contributed by atoms with Gasteiger partial charge in [0.05, 0.1) is 15.9 Å². The Bertz CT molecular complexity index is 1020. The number of aliphatic hydroxyl groups is 1. The molecule has 1 aliphatic carbocycles. The number of hydrogen-bond acceptors (Lipinski definition) is 6. The average Bonchev–Trinajstić information content (AvgIpc) is 2.69. The molecule has 29 heavy (non-hydrogen) atoms. The molecule has 2 aromatic carbocycles. The normalized spacial score (nSPS) is 16.5. The Morgan fingerprint density at radius 3 is 2.59 bits per heavy atom. The van der Waals surface area contributed by atoms with Gasteiger partial charge in [0.2, 0.25) is 15.8 Å². The zero-order chi connectivity index (χ0) is 21.2. The summed E-state index contributed by atoms with van der Waals surface area (Å²) in [6, 6.07) is 8.91. The molecule has 0 fully saturated rings. The number of nitro benzene ring substituents is 1. The molecular formula is C20H24N2O6S. The second-order valence-corrected chi connectivity index (χ2v) is 8.75. The van der Waals surface area contributed by atoms with Crippen molar-refractivity contribution in [3.63, 3.8) is 0 Å². The van der Waals surface area contributed by atoms with Crippen LogP contribution in [0.3, 0.4) is 0 Å². The van der Waals surface area contributed by atoms with Gasteiger partial charge in [-0.15, -0.1) is 0 Å². The number of aliphatic hydroxyl groups excluding tert-OH is 1. The van der Waals surface area contributed by atoms with E-state index in [4.69, 9.17) is 4.74 Å². The third-order valence-electron chi connectivity index (χ3n) is 5.12. The van der Waals surface area contributed by atoms with Crippen molar-refractivity contribution in [2.24, 2.45) is 0 Å². The maximum Gasteiger partial charge on any atom is 0.312 e. The number of sulfonamides is 1. The molecule has 0 saturated heterocycles. The molecule has 8 nitrogen and oxygen atoms in total. The summed E-state index contributed by atoms with van der Waals surface area (Å²) < 4.78 is 32.5. The van der Waals surface area contributed by atoms with Crippen LogP contribution in [0.4, 0.5) is 5.69 Å². The van der Waals surface area contributed by atoms with Crippen LogP contribution < -0.4 is 4.74 Å². The molecule has 1 aliphatic rings. The van der Waals surface area contributed by atoms with Gasteiger partial charge in [0.1, 0.15) is 5.75 Å². The van der Waals surface area contributed by atoms with Crippen LogP contribution in [0.5, 0.6) is 11.5 Å². The van der Waals surface area contributed by atoms with E-state index in [0.717, 1.165) is 23.6 Å². The van der Waals surface area contributed by atoms with Crippen molar-refractivity contribution in [1.82, 2.24) is 4.31 Å². The Hall–Kier alpha value is -2.49. The predicted octanol–water partition coefficient (Wildman–Crippen LogP) is 3.79. The van der Waals surface area contributed by atoms with Gasteiger partial charge in [-0.05, 0) is 43.0 Å². The summed E-state index contributed by atoms with van der Waals surface area (Å²) in [4.78, 5) is 10.8. The van der Waals surface area contributed by atoms with E-state index in [1.165, 1.54) is 16.4 Å². The Balaban J connectivity index is 2.02. The smallest absolute Gasteiger partial charge is 0.312 e. The molecule has 0 saturated carbocycles. The monoisotopic (exact) mass is 420 g/mol. The Morgan fingerprint density at radius 2 is 1.93 bits per heavy atom. The van der Waals surface area contributed by atoms with Gasteiger partial charge in [-0.25, -0.2) is 8.42 Å². The highest BCUT2D eigenvalue weighted by Gasteiger charge is 2.27. The van der Waals surface area contributed by atoms with E-state index in [9.17, 15) is 23.6 Å². The molecule has 9 heteroatoms. The second-order valence-electron chi connectivity index (χ2n) is 6.81. The molecule has 0 bridgehead atoms. The third kappa shape index (κ3) is 4.12. The zero-order valence-electron chi connectivity index (χ0n) is 16.4. The summed E-state index contributed by atoms with van der Waals surface area (Å²) >= 11 is 0. The summed E-state index contributed by atoms with van der Waals surface area (Å²) in [5.74, 6) is 0.394. The summed E-state index contributed by atoms with van der Waals surface area (Å²) in [5.41, 5.74) is 1.16. The van der Waals surface area contributed by atoms with Gasteiger partial charge in [0.25, 0.3) is 0 Å². The Morgan fingerprint density at radius 1 is 1.21 bits per heavy atom. The first kappa shape index (κ1) is 21.2. The van der Waals surface area contributed by atoms with Gasteiger partial charge < -0.3 is 9.84 Å². The zero-order valence-corrected chi connectivity index (χ0v) is 17.2. The fourth-order valence-corrected chi connectivity index (χ4v) is 5.08. The van der Waals surface area contributed by atoms with Crippen molar-refractivity contribution >= 4 is 15.7 Å². The number of nitrogens with zero attached hydrogens (tertiary/aromatic N) is 2. The minimum atomic E-state index is -3.83.